The fourth-order valence-corrected chi connectivity index (χ4v) is 5.94. The highest BCUT2D eigenvalue weighted by molar-refractivity contribution is 7.89. The van der Waals surface area contributed by atoms with E-state index < -0.39 is 10.0 Å². The summed E-state index contributed by atoms with van der Waals surface area (Å²) in [6, 6.07) is 14.8. The van der Waals surface area contributed by atoms with Crippen LogP contribution in [-0.4, -0.2) is 54.9 Å². The van der Waals surface area contributed by atoms with E-state index in [9.17, 15) is 13.2 Å². The Labute approximate surface area is 182 Å². The van der Waals surface area contributed by atoms with Crippen molar-refractivity contribution >= 4 is 15.9 Å². The zero-order chi connectivity index (χ0) is 22.2. The number of sulfonamides is 1. The molecule has 1 aromatic heterocycles. The summed E-state index contributed by atoms with van der Waals surface area (Å²) in [5.74, 6) is 0.265. The van der Waals surface area contributed by atoms with Crippen LogP contribution in [0.25, 0.3) is 11.3 Å². The van der Waals surface area contributed by atoms with Crippen LogP contribution in [0.5, 0.6) is 0 Å². The molecule has 162 valence electrons. The Hall–Kier alpha value is -2.97. The second-order valence-corrected chi connectivity index (χ2v) is 9.74. The Kier molecular flexibility index (Phi) is 5.68. The molecule has 31 heavy (non-hydrogen) atoms. The van der Waals surface area contributed by atoms with E-state index in [4.69, 9.17) is 4.52 Å². The number of rotatable bonds is 4. The van der Waals surface area contributed by atoms with Crippen LogP contribution in [0.1, 0.15) is 27.2 Å². The van der Waals surface area contributed by atoms with Crippen LogP contribution in [0.3, 0.4) is 0 Å². The van der Waals surface area contributed by atoms with Gasteiger partial charge < -0.3 is 9.42 Å². The monoisotopic (exact) mass is 439 g/mol. The minimum atomic E-state index is -3.62. The summed E-state index contributed by atoms with van der Waals surface area (Å²) >= 11 is 0. The van der Waals surface area contributed by atoms with E-state index >= 15 is 0 Å². The maximum Gasteiger partial charge on any atom is 0.276 e. The first-order chi connectivity index (χ1) is 14.8. The third-order valence-electron chi connectivity index (χ3n) is 5.52. The third-order valence-corrected chi connectivity index (χ3v) is 7.72. The van der Waals surface area contributed by atoms with Gasteiger partial charge in [0, 0.05) is 37.8 Å². The number of piperazine rings is 1. The molecule has 0 saturated carbocycles. The Balaban J connectivity index is 1.47. The molecule has 3 aromatic rings. The lowest BCUT2D eigenvalue weighted by Gasteiger charge is -2.34. The van der Waals surface area contributed by atoms with Crippen molar-refractivity contribution in [2.45, 2.75) is 25.7 Å². The minimum Gasteiger partial charge on any atom is -0.355 e. The first-order valence-electron chi connectivity index (χ1n) is 10.2. The molecule has 8 heteroatoms. The maximum atomic E-state index is 13.2. The number of aromatic nitrogens is 1. The van der Waals surface area contributed by atoms with E-state index in [1.54, 1.807) is 11.0 Å². The highest BCUT2D eigenvalue weighted by Crippen LogP contribution is 2.26. The number of aryl methyl sites for hydroxylation is 3. The lowest BCUT2D eigenvalue weighted by Crippen LogP contribution is -2.50. The van der Waals surface area contributed by atoms with Gasteiger partial charge >= 0.3 is 0 Å². The Morgan fingerprint density at radius 2 is 1.55 bits per heavy atom. The van der Waals surface area contributed by atoms with Crippen LogP contribution in [0.15, 0.2) is 57.9 Å². The minimum absolute atomic E-state index is 0.223. The van der Waals surface area contributed by atoms with Gasteiger partial charge in [0.15, 0.2) is 11.5 Å². The molecule has 1 amide bonds. The first kappa shape index (κ1) is 21.3. The van der Waals surface area contributed by atoms with E-state index in [1.165, 1.54) is 4.31 Å². The van der Waals surface area contributed by atoms with Crippen LogP contribution in [0.4, 0.5) is 0 Å². The third kappa shape index (κ3) is 4.13. The molecule has 1 aliphatic rings. The normalized spacial score (nSPS) is 15.3. The molecule has 0 spiro atoms. The van der Waals surface area contributed by atoms with Crippen LogP contribution in [-0.2, 0) is 10.0 Å². The smallest absolute Gasteiger partial charge is 0.276 e. The molecular weight excluding hydrogens is 414 g/mol. The number of nitrogens with zero attached hydrogens (tertiary/aromatic N) is 3. The molecule has 0 radical (unpaired) electrons. The van der Waals surface area contributed by atoms with Gasteiger partial charge in [-0.15, -0.1) is 0 Å². The molecular formula is C23H25N3O4S. The maximum absolute atomic E-state index is 13.2. The van der Waals surface area contributed by atoms with Gasteiger partial charge in [0.1, 0.15) is 0 Å². The lowest BCUT2D eigenvalue weighted by molar-refractivity contribution is 0.0687. The van der Waals surface area contributed by atoms with Crippen molar-refractivity contribution in [3.63, 3.8) is 0 Å². The van der Waals surface area contributed by atoms with Crippen LogP contribution in [0, 0.1) is 20.8 Å². The van der Waals surface area contributed by atoms with E-state index in [-0.39, 0.29) is 24.7 Å². The van der Waals surface area contributed by atoms with Gasteiger partial charge in [-0.1, -0.05) is 53.2 Å². The highest BCUT2D eigenvalue weighted by atomic mass is 32.2. The van der Waals surface area contributed by atoms with Crippen molar-refractivity contribution in [2.75, 3.05) is 26.2 Å². The number of carbonyl (C=O) groups excluding carboxylic acids is 1. The van der Waals surface area contributed by atoms with Crippen LogP contribution in [0.2, 0.25) is 0 Å². The summed E-state index contributed by atoms with van der Waals surface area (Å²) in [6.45, 7) is 6.68. The number of hydrogen-bond acceptors (Lipinski definition) is 5. The molecule has 0 unspecified atom stereocenters. The number of benzene rings is 2. The van der Waals surface area contributed by atoms with Gasteiger partial charge in [-0.25, -0.2) is 8.42 Å². The molecule has 1 fully saturated rings. The number of carbonyl (C=O) groups is 1. The van der Waals surface area contributed by atoms with Crippen molar-refractivity contribution in [2.24, 2.45) is 0 Å². The summed E-state index contributed by atoms with van der Waals surface area (Å²) in [5.41, 5.74) is 3.58. The van der Waals surface area contributed by atoms with Crippen molar-refractivity contribution in [1.82, 2.24) is 14.4 Å². The Bertz CT molecular complexity index is 1190. The van der Waals surface area contributed by atoms with E-state index in [0.717, 1.165) is 22.3 Å². The fourth-order valence-electron chi connectivity index (χ4n) is 4.11. The summed E-state index contributed by atoms with van der Waals surface area (Å²) < 4.78 is 33.3. The van der Waals surface area contributed by atoms with Crippen molar-refractivity contribution in [3.8, 4) is 11.3 Å². The highest BCUT2D eigenvalue weighted by Gasteiger charge is 2.33. The van der Waals surface area contributed by atoms with Crippen molar-refractivity contribution < 1.29 is 17.7 Å². The van der Waals surface area contributed by atoms with Gasteiger partial charge in [-0.2, -0.15) is 4.31 Å². The molecule has 1 saturated heterocycles. The van der Waals surface area contributed by atoms with Crippen LogP contribution < -0.4 is 0 Å². The number of hydrogen-bond donors (Lipinski definition) is 0. The van der Waals surface area contributed by atoms with Gasteiger partial charge in [0.25, 0.3) is 5.91 Å². The Morgan fingerprint density at radius 3 is 2.16 bits per heavy atom. The second-order valence-electron chi connectivity index (χ2n) is 7.87. The van der Waals surface area contributed by atoms with Crippen molar-refractivity contribution in [3.05, 3.63) is 70.9 Å². The zero-order valence-corrected chi connectivity index (χ0v) is 18.6. The molecule has 2 aromatic carbocycles. The average Bonchev–Trinajstić information content (AvgIpc) is 3.23. The SMILES string of the molecule is Cc1cc(C)c(S(=O)(=O)N2CCN(C(=O)c3cc(-c4ccccc4)on3)CC2)c(C)c1. The van der Waals surface area contributed by atoms with Gasteiger partial charge in [0.05, 0.1) is 4.90 Å². The van der Waals surface area contributed by atoms with Gasteiger partial charge in [-0.3, -0.25) is 4.79 Å². The molecule has 0 aliphatic carbocycles. The quantitative estimate of drug-likeness (QED) is 0.622. The van der Waals surface area contributed by atoms with Gasteiger partial charge in [-0.05, 0) is 31.9 Å². The lowest BCUT2D eigenvalue weighted by atomic mass is 10.1. The Morgan fingerprint density at radius 1 is 0.935 bits per heavy atom. The summed E-state index contributed by atoms with van der Waals surface area (Å²) in [7, 11) is -3.62. The average molecular weight is 440 g/mol. The summed E-state index contributed by atoms with van der Waals surface area (Å²) in [4.78, 5) is 14.8. The predicted octanol–water partition coefficient (Wildman–Crippen LogP) is 3.41. The first-order valence-corrected chi connectivity index (χ1v) is 11.6. The molecule has 7 nitrogen and oxygen atoms in total. The predicted molar refractivity (Wildman–Crippen MR) is 117 cm³/mol. The fraction of sp³-hybridized carbons (Fsp3) is 0.304. The summed E-state index contributed by atoms with van der Waals surface area (Å²) in [5, 5.41) is 3.92. The molecule has 1 aliphatic heterocycles. The van der Waals surface area contributed by atoms with E-state index in [0.29, 0.717) is 23.7 Å². The van der Waals surface area contributed by atoms with Crippen LogP contribution >= 0.6 is 0 Å². The zero-order valence-electron chi connectivity index (χ0n) is 17.8. The molecule has 4 rings (SSSR count). The number of amides is 1. The standard InChI is InChI=1S/C23H25N3O4S/c1-16-13-17(2)22(18(3)14-16)31(28,29)26-11-9-25(10-12-26)23(27)20-15-21(30-24-20)19-7-5-4-6-8-19/h4-8,13-15H,9-12H2,1-3H3. The largest absolute Gasteiger partial charge is 0.355 e. The van der Waals surface area contributed by atoms with E-state index in [2.05, 4.69) is 5.16 Å². The molecule has 2 heterocycles. The summed E-state index contributed by atoms with van der Waals surface area (Å²) in [6.07, 6.45) is 0. The van der Waals surface area contributed by atoms with E-state index in [1.807, 2.05) is 63.2 Å². The van der Waals surface area contributed by atoms with Gasteiger partial charge in [0.2, 0.25) is 10.0 Å². The second kappa shape index (κ2) is 8.28. The topological polar surface area (TPSA) is 83.7 Å². The molecule has 0 N–H and O–H groups in total. The van der Waals surface area contributed by atoms with Crippen molar-refractivity contribution in [1.29, 1.82) is 0 Å². The molecule has 0 atom stereocenters. The molecule has 0 bridgehead atoms.